The van der Waals surface area contributed by atoms with Gasteiger partial charge in [-0.1, -0.05) is 48.5 Å². The van der Waals surface area contributed by atoms with Gasteiger partial charge in [0.2, 0.25) is 5.91 Å². The maximum atomic E-state index is 12.2. The van der Waals surface area contributed by atoms with Crippen LogP contribution in [-0.2, 0) is 25.5 Å². The van der Waals surface area contributed by atoms with Crippen molar-refractivity contribution in [2.45, 2.75) is 18.4 Å². The standard InChI is InChI=1S/C25H26N4O6/c30-23(29-22(24(31)32)11-16-12-26-15-28-16)14-34-10-9-27-25(33)35-13-21-19-7-3-1-5-17(19)18-6-2-4-8-20(18)21/h1-8,12,15,21-22H,9-11,13-14H2,(H,26,28)(H,27,33)(H,29,30)(H,31,32). The number of nitrogens with zero attached hydrogens (tertiary/aromatic N) is 1. The zero-order valence-corrected chi connectivity index (χ0v) is 18.9. The minimum Gasteiger partial charge on any atom is -0.480 e. The highest BCUT2D eigenvalue weighted by Crippen LogP contribution is 2.44. The van der Waals surface area contributed by atoms with Crippen LogP contribution < -0.4 is 10.6 Å². The number of carbonyl (C=O) groups is 3. The maximum Gasteiger partial charge on any atom is 0.407 e. The van der Waals surface area contributed by atoms with E-state index >= 15 is 0 Å². The number of carboxylic acids is 1. The van der Waals surface area contributed by atoms with Gasteiger partial charge in [-0.2, -0.15) is 0 Å². The van der Waals surface area contributed by atoms with Crippen LogP contribution in [0.2, 0.25) is 0 Å². The molecule has 0 bridgehead atoms. The third-order valence-electron chi connectivity index (χ3n) is 5.70. The molecule has 0 saturated heterocycles. The zero-order valence-electron chi connectivity index (χ0n) is 18.9. The van der Waals surface area contributed by atoms with E-state index in [9.17, 15) is 19.5 Å². The molecule has 10 nitrogen and oxygen atoms in total. The van der Waals surface area contributed by atoms with Gasteiger partial charge in [0.05, 0.1) is 12.9 Å². The van der Waals surface area contributed by atoms with E-state index in [1.54, 1.807) is 0 Å². The normalized spacial score (nSPS) is 12.9. The number of H-pyrrole nitrogens is 1. The van der Waals surface area contributed by atoms with E-state index in [4.69, 9.17) is 9.47 Å². The van der Waals surface area contributed by atoms with Crippen molar-refractivity contribution in [3.05, 3.63) is 77.9 Å². The molecular formula is C25H26N4O6. The molecule has 2 amide bonds. The molecule has 35 heavy (non-hydrogen) atoms. The lowest BCUT2D eigenvalue weighted by atomic mass is 9.98. The molecule has 0 fully saturated rings. The molecule has 10 heteroatoms. The number of aromatic amines is 1. The third-order valence-corrected chi connectivity index (χ3v) is 5.70. The van der Waals surface area contributed by atoms with Gasteiger partial charge in [-0.25, -0.2) is 14.6 Å². The van der Waals surface area contributed by atoms with E-state index in [0.717, 1.165) is 22.3 Å². The summed E-state index contributed by atoms with van der Waals surface area (Å²) in [4.78, 5) is 42.1. The van der Waals surface area contributed by atoms with E-state index in [1.807, 2.05) is 36.4 Å². The summed E-state index contributed by atoms with van der Waals surface area (Å²) in [6.45, 7) is 0.0749. The molecule has 0 aliphatic heterocycles. The molecule has 1 aliphatic carbocycles. The van der Waals surface area contributed by atoms with Crippen molar-refractivity contribution in [3.8, 4) is 11.1 Å². The number of fused-ring (bicyclic) bond motifs is 3. The predicted molar refractivity (Wildman–Crippen MR) is 126 cm³/mol. The lowest BCUT2D eigenvalue weighted by molar-refractivity contribution is -0.142. The summed E-state index contributed by atoms with van der Waals surface area (Å²) in [5, 5.41) is 14.3. The SMILES string of the molecule is O=C(COCCNC(=O)OCC1c2ccccc2-c2ccccc21)NC(Cc1cnc[nH]1)C(=O)O. The molecule has 182 valence electrons. The van der Waals surface area contributed by atoms with Gasteiger partial charge in [0.1, 0.15) is 19.3 Å². The monoisotopic (exact) mass is 478 g/mol. The molecule has 0 spiro atoms. The third kappa shape index (κ3) is 6.04. The number of imidazole rings is 1. The number of aromatic nitrogens is 2. The molecule has 3 aromatic rings. The van der Waals surface area contributed by atoms with Crippen LogP contribution in [-0.4, -0.2) is 65.5 Å². The Bertz CT molecular complexity index is 1130. The highest BCUT2D eigenvalue weighted by molar-refractivity contribution is 5.84. The van der Waals surface area contributed by atoms with Crippen molar-refractivity contribution < 1.29 is 29.0 Å². The van der Waals surface area contributed by atoms with Gasteiger partial charge >= 0.3 is 12.1 Å². The van der Waals surface area contributed by atoms with Crippen molar-refractivity contribution in [3.63, 3.8) is 0 Å². The van der Waals surface area contributed by atoms with Crippen LogP contribution in [0.3, 0.4) is 0 Å². The quantitative estimate of drug-likeness (QED) is 0.309. The van der Waals surface area contributed by atoms with Crippen molar-refractivity contribution in [2.75, 3.05) is 26.4 Å². The van der Waals surface area contributed by atoms with E-state index in [2.05, 4.69) is 32.7 Å². The number of aliphatic carboxylic acids is 1. The predicted octanol–water partition coefficient (Wildman–Crippen LogP) is 2.08. The molecule has 4 rings (SSSR count). The van der Waals surface area contributed by atoms with Crippen molar-refractivity contribution in [1.82, 2.24) is 20.6 Å². The van der Waals surface area contributed by atoms with Gasteiger partial charge in [-0.3, -0.25) is 4.79 Å². The second-order valence-corrected chi connectivity index (χ2v) is 8.04. The second kappa shape index (κ2) is 11.3. The van der Waals surface area contributed by atoms with Crippen LogP contribution in [0.15, 0.2) is 61.1 Å². The number of rotatable bonds is 11. The van der Waals surface area contributed by atoms with Crippen LogP contribution in [0.25, 0.3) is 11.1 Å². The average molecular weight is 479 g/mol. The summed E-state index contributed by atoms with van der Waals surface area (Å²) in [5.41, 5.74) is 5.15. The van der Waals surface area contributed by atoms with Crippen molar-refractivity contribution in [1.29, 1.82) is 0 Å². The number of ether oxygens (including phenoxy) is 2. The molecule has 0 saturated carbocycles. The fraction of sp³-hybridized carbons (Fsp3) is 0.280. The molecule has 1 atom stereocenters. The fourth-order valence-corrected chi connectivity index (χ4v) is 4.09. The Balaban J connectivity index is 1.15. The molecule has 1 heterocycles. The molecule has 2 aromatic carbocycles. The molecule has 1 aliphatic rings. The number of benzene rings is 2. The smallest absolute Gasteiger partial charge is 0.407 e. The Labute approximate surface area is 201 Å². The van der Waals surface area contributed by atoms with E-state index in [1.165, 1.54) is 12.5 Å². The first kappa shape index (κ1) is 24.0. The molecule has 4 N–H and O–H groups in total. The number of carboxylic acid groups (broad SMARTS) is 1. The Kier molecular flexibility index (Phi) is 7.74. The topological polar surface area (TPSA) is 143 Å². The first-order valence-electron chi connectivity index (χ1n) is 11.2. The van der Waals surface area contributed by atoms with Crippen LogP contribution in [0, 0.1) is 0 Å². The van der Waals surface area contributed by atoms with Gasteiger partial charge in [-0.15, -0.1) is 0 Å². The minimum absolute atomic E-state index is 0.0305. The largest absolute Gasteiger partial charge is 0.480 e. The first-order chi connectivity index (χ1) is 17.0. The van der Waals surface area contributed by atoms with Gasteiger partial charge in [0.15, 0.2) is 0 Å². The number of amides is 2. The maximum absolute atomic E-state index is 12.2. The van der Waals surface area contributed by atoms with Crippen molar-refractivity contribution in [2.24, 2.45) is 0 Å². The van der Waals surface area contributed by atoms with Crippen LogP contribution in [0.4, 0.5) is 4.79 Å². The number of carbonyl (C=O) groups excluding carboxylic acids is 2. The minimum atomic E-state index is -1.16. The summed E-state index contributed by atoms with van der Waals surface area (Å²) < 4.78 is 10.7. The second-order valence-electron chi connectivity index (χ2n) is 8.04. The zero-order chi connectivity index (χ0) is 24.6. The van der Waals surface area contributed by atoms with E-state index in [0.29, 0.717) is 5.69 Å². The van der Waals surface area contributed by atoms with Crippen molar-refractivity contribution >= 4 is 18.0 Å². The molecule has 1 aromatic heterocycles. The van der Waals surface area contributed by atoms with Gasteiger partial charge in [0, 0.05) is 30.8 Å². The molecule has 0 radical (unpaired) electrons. The Morgan fingerprint density at radius 2 is 1.74 bits per heavy atom. The first-order valence-corrected chi connectivity index (χ1v) is 11.2. The van der Waals surface area contributed by atoms with Gasteiger partial charge in [-0.05, 0) is 22.3 Å². The highest BCUT2D eigenvalue weighted by Gasteiger charge is 2.29. The van der Waals surface area contributed by atoms with Crippen LogP contribution >= 0.6 is 0 Å². The average Bonchev–Trinajstić information content (AvgIpc) is 3.48. The lowest BCUT2D eigenvalue weighted by Crippen LogP contribution is -2.44. The number of alkyl carbamates (subject to hydrolysis) is 1. The van der Waals surface area contributed by atoms with Crippen LogP contribution in [0.1, 0.15) is 22.7 Å². The summed E-state index contributed by atoms with van der Waals surface area (Å²) in [5.74, 6) is -1.76. The lowest BCUT2D eigenvalue weighted by Gasteiger charge is -2.15. The molecule has 1 unspecified atom stereocenters. The number of hydrogen-bond acceptors (Lipinski definition) is 6. The molecular weight excluding hydrogens is 452 g/mol. The summed E-state index contributed by atoms with van der Waals surface area (Å²) in [6, 6.07) is 15.1. The summed E-state index contributed by atoms with van der Waals surface area (Å²) >= 11 is 0. The number of hydrogen-bond donors (Lipinski definition) is 4. The van der Waals surface area contributed by atoms with Gasteiger partial charge < -0.3 is 30.2 Å². The number of nitrogens with one attached hydrogen (secondary N) is 3. The Morgan fingerprint density at radius 3 is 2.37 bits per heavy atom. The summed E-state index contributed by atoms with van der Waals surface area (Å²) in [7, 11) is 0. The summed E-state index contributed by atoms with van der Waals surface area (Å²) in [6.07, 6.45) is 2.42. The van der Waals surface area contributed by atoms with Gasteiger partial charge in [0.25, 0.3) is 0 Å². The fourth-order valence-electron chi connectivity index (χ4n) is 4.09. The van der Waals surface area contributed by atoms with E-state index in [-0.39, 0.29) is 38.7 Å². The highest BCUT2D eigenvalue weighted by atomic mass is 16.5. The Morgan fingerprint density at radius 1 is 1.06 bits per heavy atom. The van der Waals surface area contributed by atoms with Crippen LogP contribution in [0.5, 0.6) is 0 Å². The van der Waals surface area contributed by atoms with E-state index < -0.39 is 24.0 Å². The Hall–Kier alpha value is -4.18.